The fourth-order valence-electron chi connectivity index (χ4n) is 2.41. The third kappa shape index (κ3) is 2.07. The van der Waals surface area contributed by atoms with Crippen molar-refractivity contribution in [2.24, 2.45) is 0 Å². The van der Waals surface area contributed by atoms with Crippen molar-refractivity contribution in [1.82, 2.24) is 19.5 Å². The van der Waals surface area contributed by atoms with Gasteiger partial charge in [-0.05, 0) is 58.5 Å². The normalized spacial score (nSPS) is 11.3. The summed E-state index contributed by atoms with van der Waals surface area (Å²) in [6.45, 7) is 0. The molecule has 102 valence electrons. The Hall–Kier alpha value is -2.05. The number of hydrogen-bond donors (Lipinski definition) is 1. The van der Waals surface area contributed by atoms with Crippen LogP contribution in [-0.4, -0.2) is 19.5 Å². The maximum absolute atomic E-state index is 5.44. The predicted octanol–water partition coefficient (Wildman–Crippen LogP) is 4.39. The second kappa shape index (κ2) is 4.75. The summed E-state index contributed by atoms with van der Waals surface area (Å²) in [7, 11) is 0. The van der Waals surface area contributed by atoms with Crippen molar-refractivity contribution in [3.63, 3.8) is 0 Å². The van der Waals surface area contributed by atoms with Gasteiger partial charge in [0, 0.05) is 22.3 Å². The SMILES string of the molecule is S=c1[nH]c2cc(Br)cnc2n1-c1ccc2ncccc2c1. The van der Waals surface area contributed by atoms with Gasteiger partial charge in [0.25, 0.3) is 0 Å². The molecule has 0 aliphatic carbocycles. The number of halogens is 1. The third-order valence-electron chi connectivity index (χ3n) is 3.33. The van der Waals surface area contributed by atoms with Crippen molar-refractivity contribution < 1.29 is 0 Å². The van der Waals surface area contributed by atoms with Crippen LogP contribution < -0.4 is 0 Å². The van der Waals surface area contributed by atoms with Crippen molar-refractivity contribution in [3.8, 4) is 5.69 Å². The number of imidazole rings is 1. The molecular formula is C15H9BrN4S. The van der Waals surface area contributed by atoms with Gasteiger partial charge < -0.3 is 4.98 Å². The van der Waals surface area contributed by atoms with E-state index in [1.165, 1.54) is 0 Å². The minimum atomic E-state index is 0.624. The van der Waals surface area contributed by atoms with Gasteiger partial charge in [-0.3, -0.25) is 9.55 Å². The number of fused-ring (bicyclic) bond motifs is 2. The molecule has 4 rings (SSSR count). The number of pyridine rings is 2. The highest BCUT2D eigenvalue weighted by Crippen LogP contribution is 2.23. The summed E-state index contributed by atoms with van der Waals surface area (Å²) < 4.78 is 3.48. The number of benzene rings is 1. The van der Waals surface area contributed by atoms with Crippen LogP contribution in [0.25, 0.3) is 27.8 Å². The van der Waals surface area contributed by atoms with Gasteiger partial charge in [-0.2, -0.15) is 0 Å². The molecule has 1 aromatic carbocycles. The summed E-state index contributed by atoms with van der Waals surface area (Å²) in [5.74, 6) is 0. The van der Waals surface area contributed by atoms with Crippen molar-refractivity contribution >= 4 is 50.2 Å². The third-order valence-corrected chi connectivity index (χ3v) is 4.05. The lowest BCUT2D eigenvalue weighted by Crippen LogP contribution is -1.95. The van der Waals surface area contributed by atoms with E-state index in [-0.39, 0.29) is 0 Å². The zero-order chi connectivity index (χ0) is 14.4. The second-order valence-corrected chi connectivity index (χ2v) is 5.97. The van der Waals surface area contributed by atoms with Gasteiger partial charge >= 0.3 is 0 Å². The Labute approximate surface area is 133 Å². The highest BCUT2D eigenvalue weighted by molar-refractivity contribution is 9.10. The minimum absolute atomic E-state index is 0.624. The van der Waals surface area contributed by atoms with E-state index < -0.39 is 0 Å². The molecule has 3 heterocycles. The lowest BCUT2D eigenvalue weighted by Gasteiger charge is -2.05. The van der Waals surface area contributed by atoms with Gasteiger partial charge in [0.05, 0.1) is 16.7 Å². The molecule has 3 aromatic heterocycles. The van der Waals surface area contributed by atoms with Crippen LogP contribution in [0.1, 0.15) is 0 Å². The molecule has 6 heteroatoms. The topological polar surface area (TPSA) is 46.5 Å². The van der Waals surface area contributed by atoms with E-state index in [4.69, 9.17) is 12.2 Å². The molecule has 0 bridgehead atoms. The molecule has 0 fully saturated rings. The molecule has 0 atom stereocenters. The van der Waals surface area contributed by atoms with Crippen LogP contribution in [0.3, 0.4) is 0 Å². The van der Waals surface area contributed by atoms with E-state index >= 15 is 0 Å². The number of nitrogens with one attached hydrogen (secondary N) is 1. The van der Waals surface area contributed by atoms with Gasteiger partial charge in [0.15, 0.2) is 10.4 Å². The highest BCUT2D eigenvalue weighted by Gasteiger charge is 2.09. The number of nitrogens with zero attached hydrogens (tertiary/aromatic N) is 3. The minimum Gasteiger partial charge on any atom is -0.329 e. The Morgan fingerprint density at radius 2 is 2.05 bits per heavy atom. The Bertz CT molecular complexity index is 1030. The first-order chi connectivity index (χ1) is 10.2. The Morgan fingerprint density at radius 1 is 1.14 bits per heavy atom. The van der Waals surface area contributed by atoms with Gasteiger partial charge in [0.1, 0.15) is 0 Å². The molecule has 0 spiro atoms. The number of H-pyrrole nitrogens is 1. The van der Waals surface area contributed by atoms with Gasteiger partial charge in [-0.15, -0.1) is 0 Å². The van der Waals surface area contributed by atoms with Crippen molar-refractivity contribution in [3.05, 3.63) is 58.0 Å². The predicted molar refractivity (Wildman–Crippen MR) is 89.3 cm³/mol. The maximum atomic E-state index is 5.44. The molecule has 1 N–H and O–H groups in total. The lowest BCUT2D eigenvalue weighted by atomic mass is 10.2. The molecule has 0 amide bonds. The Morgan fingerprint density at radius 3 is 2.95 bits per heavy atom. The zero-order valence-electron chi connectivity index (χ0n) is 10.7. The molecule has 0 saturated carbocycles. The highest BCUT2D eigenvalue weighted by atomic mass is 79.9. The molecule has 4 nitrogen and oxygen atoms in total. The van der Waals surface area contributed by atoms with E-state index in [0.717, 1.165) is 32.2 Å². The first-order valence-corrected chi connectivity index (χ1v) is 7.54. The van der Waals surface area contributed by atoms with E-state index in [2.05, 4.69) is 36.9 Å². The van der Waals surface area contributed by atoms with Crippen LogP contribution in [0.4, 0.5) is 0 Å². The Balaban J connectivity index is 2.03. The van der Waals surface area contributed by atoms with Crippen molar-refractivity contribution in [1.29, 1.82) is 0 Å². The van der Waals surface area contributed by atoms with Crippen LogP contribution >= 0.6 is 28.1 Å². The molecule has 0 unspecified atom stereocenters. The largest absolute Gasteiger partial charge is 0.329 e. The number of aromatic amines is 1. The second-order valence-electron chi connectivity index (χ2n) is 4.67. The molecular weight excluding hydrogens is 348 g/mol. The van der Waals surface area contributed by atoms with E-state index in [1.807, 2.05) is 34.9 Å². The van der Waals surface area contributed by atoms with E-state index in [9.17, 15) is 0 Å². The molecule has 4 aromatic rings. The average Bonchev–Trinajstić information content (AvgIpc) is 2.81. The molecule has 0 radical (unpaired) electrons. The number of aromatic nitrogens is 4. The van der Waals surface area contributed by atoms with Crippen LogP contribution in [0.5, 0.6) is 0 Å². The van der Waals surface area contributed by atoms with Gasteiger partial charge in [-0.25, -0.2) is 4.98 Å². The maximum Gasteiger partial charge on any atom is 0.183 e. The summed E-state index contributed by atoms with van der Waals surface area (Å²) in [6, 6.07) is 12.0. The first kappa shape index (κ1) is 12.7. The number of rotatable bonds is 1. The average molecular weight is 357 g/mol. The van der Waals surface area contributed by atoms with Crippen LogP contribution in [-0.2, 0) is 0 Å². The monoisotopic (exact) mass is 356 g/mol. The summed E-state index contributed by atoms with van der Waals surface area (Å²) in [4.78, 5) is 12.0. The summed E-state index contributed by atoms with van der Waals surface area (Å²) in [6.07, 6.45) is 3.56. The van der Waals surface area contributed by atoms with Crippen molar-refractivity contribution in [2.75, 3.05) is 0 Å². The van der Waals surface area contributed by atoms with E-state index in [0.29, 0.717) is 4.77 Å². The lowest BCUT2D eigenvalue weighted by molar-refractivity contribution is 1.05. The van der Waals surface area contributed by atoms with Crippen molar-refractivity contribution in [2.45, 2.75) is 0 Å². The summed E-state index contributed by atoms with van der Waals surface area (Å²) in [5.41, 5.74) is 3.65. The summed E-state index contributed by atoms with van der Waals surface area (Å²) >= 11 is 8.86. The van der Waals surface area contributed by atoms with Crippen LogP contribution in [0.15, 0.2) is 53.3 Å². The molecule has 21 heavy (non-hydrogen) atoms. The van der Waals surface area contributed by atoms with Gasteiger partial charge in [0.2, 0.25) is 0 Å². The standard InChI is InChI=1S/C15H9BrN4S/c16-10-7-13-14(18-8-10)20(15(21)19-13)11-3-4-12-9(6-11)2-1-5-17-12/h1-8H,(H,19,21). The van der Waals surface area contributed by atoms with Crippen LogP contribution in [0, 0.1) is 4.77 Å². The molecule has 0 saturated heterocycles. The quantitative estimate of drug-likeness (QED) is 0.514. The molecule has 0 aliphatic rings. The molecule has 0 aliphatic heterocycles. The van der Waals surface area contributed by atoms with E-state index in [1.54, 1.807) is 12.4 Å². The van der Waals surface area contributed by atoms with Gasteiger partial charge in [-0.1, -0.05) is 6.07 Å². The first-order valence-electron chi connectivity index (χ1n) is 6.34. The zero-order valence-corrected chi connectivity index (χ0v) is 13.1. The fraction of sp³-hybridized carbons (Fsp3) is 0. The van der Waals surface area contributed by atoms with Crippen LogP contribution in [0.2, 0.25) is 0 Å². The smallest absolute Gasteiger partial charge is 0.183 e. The summed E-state index contributed by atoms with van der Waals surface area (Å²) in [5, 5.41) is 1.07. The number of hydrogen-bond acceptors (Lipinski definition) is 3. The Kier molecular flexibility index (Phi) is 2.87. The fourth-order valence-corrected chi connectivity index (χ4v) is 3.04.